The Balaban J connectivity index is 2.07. The van der Waals surface area contributed by atoms with Crippen LogP contribution in [0.25, 0.3) is 0 Å². The number of amides is 1. The van der Waals surface area contributed by atoms with E-state index in [1.54, 1.807) is 13.3 Å². The van der Waals surface area contributed by atoms with Crippen molar-refractivity contribution in [1.82, 2.24) is 10.3 Å². The van der Waals surface area contributed by atoms with E-state index in [-0.39, 0.29) is 19.4 Å². The van der Waals surface area contributed by atoms with Crippen LogP contribution < -0.4 is 10.1 Å². The number of alkyl halides is 3. The molecule has 1 aromatic rings. The zero-order valence-electron chi connectivity index (χ0n) is 14.2. The standard InChI is InChI=1S/C17H23F3N2O2/c1-10-8-21-14(11(2)15(10)24-3)9-22-16(23)12-6-4-5-7-13(12)17(18,19)20/h8,12-13H,4-7,9H2,1-3H3,(H,22,23)/t12-,13-/m1/s1. The molecule has 0 unspecified atom stereocenters. The smallest absolute Gasteiger partial charge is 0.392 e. The molecule has 134 valence electrons. The maximum atomic E-state index is 13.1. The molecule has 1 aliphatic rings. The van der Waals surface area contributed by atoms with Gasteiger partial charge in [-0.3, -0.25) is 9.78 Å². The summed E-state index contributed by atoms with van der Waals surface area (Å²) < 4.78 is 44.6. The summed E-state index contributed by atoms with van der Waals surface area (Å²) in [7, 11) is 1.55. The normalized spacial score (nSPS) is 21.4. The summed E-state index contributed by atoms with van der Waals surface area (Å²) >= 11 is 0. The first-order chi connectivity index (χ1) is 11.3. The van der Waals surface area contributed by atoms with Crippen molar-refractivity contribution >= 4 is 5.91 Å². The van der Waals surface area contributed by atoms with E-state index in [4.69, 9.17) is 4.74 Å². The Hall–Kier alpha value is -1.79. The van der Waals surface area contributed by atoms with Crippen LogP contribution in [0.4, 0.5) is 13.2 Å². The molecule has 0 aromatic carbocycles. The van der Waals surface area contributed by atoms with E-state index in [0.717, 1.165) is 11.1 Å². The predicted molar refractivity (Wildman–Crippen MR) is 83.6 cm³/mol. The van der Waals surface area contributed by atoms with Gasteiger partial charge in [0.25, 0.3) is 0 Å². The lowest BCUT2D eigenvalue weighted by Crippen LogP contribution is -2.42. The fraction of sp³-hybridized carbons (Fsp3) is 0.647. The van der Waals surface area contributed by atoms with E-state index < -0.39 is 23.9 Å². The lowest BCUT2D eigenvalue weighted by atomic mass is 9.78. The zero-order valence-corrected chi connectivity index (χ0v) is 14.2. The third-order valence-electron chi connectivity index (χ3n) is 4.70. The Kier molecular flexibility index (Phi) is 5.72. The number of nitrogens with zero attached hydrogens (tertiary/aromatic N) is 1. The molecular weight excluding hydrogens is 321 g/mol. The second-order valence-electron chi connectivity index (χ2n) is 6.30. The van der Waals surface area contributed by atoms with Crippen molar-refractivity contribution in [2.45, 2.75) is 52.3 Å². The number of nitrogens with one attached hydrogen (secondary N) is 1. The number of hydrogen-bond donors (Lipinski definition) is 1. The highest BCUT2D eigenvalue weighted by atomic mass is 19.4. The van der Waals surface area contributed by atoms with Gasteiger partial charge in [-0.15, -0.1) is 0 Å². The van der Waals surface area contributed by atoms with Gasteiger partial charge in [0, 0.05) is 23.2 Å². The highest BCUT2D eigenvalue weighted by Gasteiger charge is 2.47. The van der Waals surface area contributed by atoms with Gasteiger partial charge in [-0.25, -0.2) is 0 Å². The minimum atomic E-state index is -4.33. The fourth-order valence-corrected chi connectivity index (χ4v) is 3.39. The van der Waals surface area contributed by atoms with Crippen molar-refractivity contribution in [3.05, 3.63) is 23.0 Å². The largest absolute Gasteiger partial charge is 0.496 e. The van der Waals surface area contributed by atoms with E-state index in [0.29, 0.717) is 24.3 Å². The summed E-state index contributed by atoms with van der Waals surface area (Å²) in [5.41, 5.74) is 2.26. The first-order valence-electron chi connectivity index (χ1n) is 8.09. The number of rotatable bonds is 4. The molecule has 2 atom stereocenters. The molecule has 0 saturated heterocycles. The lowest BCUT2D eigenvalue weighted by molar-refractivity contribution is -0.198. The molecule has 1 aromatic heterocycles. The van der Waals surface area contributed by atoms with E-state index in [9.17, 15) is 18.0 Å². The van der Waals surface area contributed by atoms with Crippen LogP contribution in [-0.2, 0) is 11.3 Å². The van der Waals surface area contributed by atoms with Crippen molar-refractivity contribution in [3.63, 3.8) is 0 Å². The van der Waals surface area contributed by atoms with E-state index in [1.165, 1.54) is 0 Å². The average Bonchev–Trinajstić information content (AvgIpc) is 2.53. The number of aryl methyl sites for hydroxylation is 1. The maximum absolute atomic E-state index is 13.1. The number of halogens is 3. The molecule has 7 heteroatoms. The van der Waals surface area contributed by atoms with E-state index in [1.807, 2.05) is 13.8 Å². The summed E-state index contributed by atoms with van der Waals surface area (Å²) in [5.74, 6) is -2.42. The van der Waals surface area contributed by atoms with Gasteiger partial charge in [0.2, 0.25) is 5.91 Å². The number of methoxy groups -OCH3 is 1. The number of carbonyl (C=O) groups is 1. The number of carbonyl (C=O) groups excluding carboxylic acids is 1. The highest BCUT2D eigenvalue weighted by Crippen LogP contribution is 2.41. The number of hydrogen-bond acceptors (Lipinski definition) is 3. The SMILES string of the molecule is COc1c(C)cnc(CNC(=O)[C@@H]2CCCC[C@H]2C(F)(F)F)c1C. The van der Waals surface area contributed by atoms with Crippen LogP contribution in [0.2, 0.25) is 0 Å². The minimum absolute atomic E-state index is 0.0250. The molecule has 1 aliphatic carbocycles. The lowest BCUT2D eigenvalue weighted by Gasteiger charge is -2.32. The third-order valence-corrected chi connectivity index (χ3v) is 4.70. The van der Waals surface area contributed by atoms with Crippen LogP contribution in [0, 0.1) is 25.7 Å². The van der Waals surface area contributed by atoms with Crippen molar-refractivity contribution in [2.75, 3.05) is 7.11 Å². The molecule has 0 spiro atoms. The van der Waals surface area contributed by atoms with Crippen LogP contribution in [0.15, 0.2) is 6.20 Å². The summed E-state index contributed by atoms with van der Waals surface area (Å²) in [6, 6.07) is 0. The van der Waals surface area contributed by atoms with Crippen LogP contribution in [0.3, 0.4) is 0 Å². The van der Waals surface area contributed by atoms with Crippen LogP contribution in [-0.4, -0.2) is 24.2 Å². The first-order valence-corrected chi connectivity index (χ1v) is 8.09. The number of pyridine rings is 1. The van der Waals surface area contributed by atoms with Gasteiger partial charge in [-0.1, -0.05) is 12.8 Å². The van der Waals surface area contributed by atoms with E-state index >= 15 is 0 Å². The summed E-state index contributed by atoms with van der Waals surface area (Å²) in [6.45, 7) is 3.78. The highest BCUT2D eigenvalue weighted by molar-refractivity contribution is 5.79. The summed E-state index contributed by atoms with van der Waals surface area (Å²) in [6.07, 6.45) is -1.23. The number of aromatic nitrogens is 1. The molecule has 1 N–H and O–H groups in total. The Morgan fingerprint density at radius 2 is 2.00 bits per heavy atom. The van der Waals surface area contributed by atoms with Gasteiger partial charge in [-0.05, 0) is 26.7 Å². The maximum Gasteiger partial charge on any atom is 0.392 e. The monoisotopic (exact) mass is 344 g/mol. The molecule has 1 fully saturated rings. The van der Waals surface area contributed by atoms with Crippen molar-refractivity contribution in [2.24, 2.45) is 11.8 Å². The topological polar surface area (TPSA) is 51.2 Å². The fourth-order valence-electron chi connectivity index (χ4n) is 3.39. The van der Waals surface area contributed by atoms with Gasteiger partial charge >= 0.3 is 6.18 Å². The minimum Gasteiger partial charge on any atom is -0.496 e. The second kappa shape index (κ2) is 7.40. The second-order valence-corrected chi connectivity index (χ2v) is 6.30. The Morgan fingerprint density at radius 3 is 2.62 bits per heavy atom. The molecule has 24 heavy (non-hydrogen) atoms. The average molecular weight is 344 g/mol. The molecule has 0 radical (unpaired) electrons. The molecule has 4 nitrogen and oxygen atoms in total. The first kappa shape index (κ1) is 18.5. The van der Waals surface area contributed by atoms with Crippen LogP contribution >= 0.6 is 0 Å². The van der Waals surface area contributed by atoms with Gasteiger partial charge < -0.3 is 10.1 Å². The zero-order chi connectivity index (χ0) is 17.9. The molecule has 0 aliphatic heterocycles. The number of ether oxygens (including phenoxy) is 1. The van der Waals surface area contributed by atoms with Crippen molar-refractivity contribution in [1.29, 1.82) is 0 Å². The molecule has 2 rings (SSSR count). The van der Waals surface area contributed by atoms with Gasteiger partial charge in [0.15, 0.2) is 0 Å². The van der Waals surface area contributed by atoms with Crippen molar-refractivity contribution < 1.29 is 22.7 Å². The molecule has 0 bridgehead atoms. The Labute approximate surface area is 139 Å². The molecular formula is C17H23F3N2O2. The van der Waals surface area contributed by atoms with Crippen LogP contribution in [0.1, 0.15) is 42.5 Å². The van der Waals surface area contributed by atoms with Gasteiger partial charge in [-0.2, -0.15) is 13.2 Å². The van der Waals surface area contributed by atoms with Gasteiger partial charge in [0.05, 0.1) is 25.3 Å². The third kappa shape index (κ3) is 3.99. The molecule has 1 saturated carbocycles. The summed E-state index contributed by atoms with van der Waals surface area (Å²) in [5, 5.41) is 2.63. The van der Waals surface area contributed by atoms with E-state index in [2.05, 4.69) is 10.3 Å². The predicted octanol–water partition coefficient (Wildman–Crippen LogP) is 3.69. The molecule has 1 heterocycles. The quantitative estimate of drug-likeness (QED) is 0.906. The van der Waals surface area contributed by atoms with Gasteiger partial charge in [0.1, 0.15) is 5.75 Å². The van der Waals surface area contributed by atoms with Crippen molar-refractivity contribution in [3.8, 4) is 5.75 Å². The molecule has 1 amide bonds. The Bertz CT molecular complexity index is 602. The van der Waals surface area contributed by atoms with Crippen LogP contribution in [0.5, 0.6) is 5.75 Å². The summed E-state index contributed by atoms with van der Waals surface area (Å²) in [4.78, 5) is 16.5. The Morgan fingerprint density at radius 1 is 1.33 bits per heavy atom.